The smallest absolute Gasteiger partial charge is 0.243 e. The normalized spacial score (nSPS) is 12.2. The molecule has 1 atom stereocenters. The summed E-state index contributed by atoms with van der Waals surface area (Å²) >= 11 is 13.8. The van der Waals surface area contributed by atoms with E-state index in [9.17, 15) is 14.0 Å². The second-order valence-corrected chi connectivity index (χ2v) is 11.6. The largest absolute Gasteiger partial charge is 0.350 e. The van der Waals surface area contributed by atoms with Crippen molar-refractivity contribution in [1.29, 1.82) is 0 Å². The molecule has 0 radical (unpaired) electrons. The summed E-state index contributed by atoms with van der Waals surface area (Å²) in [5, 5.41) is 3.85. The zero-order chi connectivity index (χ0) is 27.0. The van der Waals surface area contributed by atoms with Crippen molar-refractivity contribution in [3.05, 3.63) is 105 Å². The summed E-state index contributed by atoms with van der Waals surface area (Å²) in [6.45, 7) is 5.93. The molecular weight excluding hydrogens is 530 g/mol. The number of benzene rings is 3. The van der Waals surface area contributed by atoms with Crippen LogP contribution in [0.1, 0.15) is 37.5 Å². The van der Waals surface area contributed by atoms with Crippen LogP contribution in [-0.2, 0) is 28.3 Å². The summed E-state index contributed by atoms with van der Waals surface area (Å²) in [7, 11) is 0. The number of hydrogen-bond acceptors (Lipinski definition) is 3. The van der Waals surface area contributed by atoms with Gasteiger partial charge < -0.3 is 10.2 Å². The third-order valence-corrected chi connectivity index (χ3v) is 7.24. The van der Waals surface area contributed by atoms with E-state index in [-0.39, 0.29) is 29.9 Å². The molecule has 2 amide bonds. The zero-order valence-corrected chi connectivity index (χ0v) is 23.5. The molecule has 0 saturated carbocycles. The number of halogens is 3. The van der Waals surface area contributed by atoms with E-state index in [0.717, 1.165) is 16.7 Å². The van der Waals surface area contributed by atoms with Gasteiger partial charge in [0, 0.05) is 24.3 Å². The van der Waals surface area contributed by atoms with Crippen molar-refractivity contribution >= 4 is 46.8 Å². The van der Waals surface area contributed by atoms with Gasteiger partial charge in [0.2, 0.25) is 11.8 Å². The fourth-order valence-electron chi connectivity index (χ4n) is 3.76. The Hall–Kier alpha value is -2.54. The summed E-state index contributed by atoms with van der Waals surface area (Å²) in [6.07, 6.45) is 0.360. The molecule has 4 nitrogen and oxygen atoms in total. The van der Waals surface area contributed by atoms with Crippen LogP contribution in [0.15, 0.2) is 72.8 Å². The summed E-state index contributed by atoms with van der Waals surface area (Å²) in [5.74, 6) is -0.000505. The Kier molecular flexibility index (Phi) is 10.4. The minimum atomic E-state index is -0.741. The van der Waals surface area contributed by atoms with Crippen molar-refractivity contribution in [2.24, 2.45) is 0 Å². The molecule has 0 bridgehead atoms. The van der Waals surface area contributed by atoms with Crippen molar-refractivity contribution in [2.45, 2.75) is 51.1 Å². The highest BCUT2D eigenvalue weighted by Crippen LogP contribution is 2.25. The van der Waals surface area contributed by atoms with E-state index in [2.05, 4.69) is 5.32 Å². The third-order valence-electron chi connectivity index (χ3n) is 5.51. The second-order valence-electron chi connectivity index (χ2n) is 9.83. The molecule has 8 heteroatoms. The summed E-state index contributed by atoms with van der Waals surface area (Å²) in [5.41, 5.74) is 2.17. The molecule has 0 fully saturated rings. The maximum Gasteiger partial charge on any atom is 0.243 e. The van der Waals surface area contributed by atoms with Gasteiger partial charge in [-0.3, -0.25) is 9.59 Å². The van der Waals surface area contributed by atoms with E-state index in [0.29, 0.717) is 22.2 Å². The number of thioether (sulfide) groups is 1. The second kappa shape index (κ2) is 13.3. The molecule has 0 unspecified atom stereocenters. The van der Waals surface area contributed by atoms with Crippen LogP contribution >= 0.6 is 35.0 Å². The maximum absolute atomic E-state index is 13.7. The molecule has 0 saturated heterocycles. The molecule has 0 heterocycles. The Morgan fingerprint density at radius 2 is 1.57 bits per heavy atom. The van der Waals surface area contributed by atoms with Crippen molar-refractivity contribution in [3.8, 4) is 0 Å². The van der Waals surface area contributed by atoms with E-state index in [1.165, 1.54) is 23.9 Å². The van der Waals surface area contributed by atoms with Crippen LogP contribution in [0.4, 0.5) is 4.39 Å². The van der Waals surface area contributed by atoms with Crippen LogP contribution in [0.2, 0.25) is 10.0 Å². The van der Waals surface area contributed by atoms with Crippen molar-refractivity contribution in [1.82, 2.24) is 10.2 Å². The van der Waals surface area contributed by atoms with Gasteiger partial charge in [0.15, 0.2) is 0 Å². The first-order chi connectivity index (χ1) is 17.5. The summed E-state index contributed by atoms with van der Waals surface area (Å²) in [4.78, 5) is 28.8. The number of nitrogens with one attached hydrogen (secondary N) is 1. The lowest BCUT2D eigenvalue weighted by Crippen LogP contribution is -2.54. The van der Waals surface area contributed by atoms with Crippen LogP contribution in [0.25, 0.3) is 0 Å². The lowest BCUT2D eigenvalue weighted by atomic mass is 10.0. The first-order valence-electron chi connectivity index (χ1n) is 11.9. The zero-order valence-electron chi connectivity index (χ0n) is 21.1. The molecule has 196 valence electrons. The topological polar surface area (TPSA) is 49.4 Å². The summed E-state index contributed by atoms with van der Waals surface area (Å²) in [6, 6.07) is 20.3. The highest BCUT2D eigenvalue weighted by atomic mass is 35.5. The van der Waals surface area contributed by atoms with Gasteiger partial charge in [0.25, 0.3) is 0 Å². The molecule has 3 rings (SSSR count). The first-order valence-corrected chi connectivity index (χ1v) is 13.8. The van der Waals surface area contributed by atoms with Crippen LogP contribution in [-0.4, -0.2) is 34.0 Å². The fourth-order valence-corrected chi connectivity index (χ4v) is 4.95. The minimum Gasteiger partial charge on any atom is -0.350 e. The highest BCUT2D eigenvalue weighted by molar-refractivity contribution is 7.99. The molecule has 0 spiro atoms. The molecule has 0 aromatic heterocycles. The Bertz CT molecular complexity index is 1200. The number of carbonyl (C=O) groups is 2. The van der Waals surface area contributed by atoms with Gasteiger partial charge in [-0.2, -0.15) is 0 Å². The Morgan fingerprint density at radius 3 is 2.19 bits per heavy atom. The Labute approximate surface area is 232 Å². The molecule has 3 aromatic rings. The van der Waals surface area contributed by atoms with Gasteiger partial charge >= 0.3 is 0 Å². The Balaban J connectivity index is 1.88. The van der Waals surface area contributed by atoms with Crippen LogP contribution in [0.3, 0.4) is 0 Å². The maximum atomic E-state index is 13.7. The van der Waals surface area contributed by atoms with Crippen LogP contribution in [0, 0.1) is 5.82 Å². The van der Waals surface area contributed by atoms with Gasteiger partial charge in [-0.15, -0.1) is 11.8 Å². The summed E-state index contributed by atoms with van der Waals surface area (Å²) < 4.78 is 13.2. The van der Waals surface area contributed by atoms with Crippen LogP contribution in [0.5, 0.6) is 0 Å². The van der Waals surface area contributed by atoms with E-state index in [4.69, 9.17) is 23.2 Å². The molecule has 3 aromatic carbocycles. The molecule has 37 heavy (non-hydrogen) atoms. The van der Waals surface area contributed by atoms with Gasteiger partial charge in [-0.05, 0) is 61.7 Å². The fraction of sp³-hybridized carbons (Fsp3) is 0.310. The average Bonchev–Trinajstić information content (AvgIpc) is 2.84. The number of amides is 2. The molecular formula is C29H31Cl2FN2O2S. The number of hydrogen-bond donors (Lipinski definition) is 1. The van der Waals surface area contributed by atoms with E-state index in [1.807, 2.05) is 51.1 Å². The lowest BCUT2D eigenvalue weighted by Gasteiger charge is -2.34. The van der Waals surface area contributed by atoms with E-state index in [1.54, 1.807) is 35.2 Å². The molecule has 0 aliphatic carbocycles. The first kappa shape index (κ1) is 29.0. The molecule has 1 N–H and O–H groups in total. The highest BCUT2D eigenvalue weighted by Gasteiger charge is 2.32. The standard InChI is InChI=1S/C29H31Cl2FN2O2S/c1-29(2,3)33-28(36)26(16-20-7-5-4-6-8-20)34(17-22-11-14-24(30)25(31)15-22)27(35)19-37-18-21-9-12-23(32)13-10-21/h4-15,26H,16-19H2,1-3H3,(H,33,36)/t26-/m0/s1. The van der Waals surface area contributed by atoms with Crippen LogP contribution < -0.4 is 5.32 Å². The van der Waals surface area contributed by atoms with Crippen molar-refractivity contribution in [2.75, 3.05) is 5.75 Å². The number of nitrogens with zero attached hydrogens (tertiary/aromatic N) is 1. The average molecular weight is 562 g/mol. The van der Waals surface area contributed by atoms with Gasteiger partial charge in [0.05, 0.1) is 15.8 Å². The van der Waals surface area contributed by atoms with Crippen molar-refractivity contribution < 1.29 is 14.0 Å². The molecule has 0 aliphatic heterocycles. The van der Waals surface area contributed by atoms with Gasteiger partial charge in [-0.1, -0.05) is 71.7 Å². The number of rotatable bonds is 10. The van der Waals surface area contributed by atoms with E-state index < -0.39 is 11.6 Å². The Morgan fingerprint density at radius 1 is 0.919 bits per heavy atom. The minimum absolute atomic E-state index is 0.160. The predicted molar refractivity (Wildman–Crippen MR) is 151 cm³/mol. The SMILES string of the molecule is CC(C)(C)NC(=O)[C@H](Cc1ccccc1)N(Cc1ccc(Cl)c(Cl)c1)C(=O)CSCc1ccc(F)cc1. The van der Waals surface area contributed by atoms with E-state index >= 15 is 0 Å². The van der Waals surface area contributed by atoms with Gasteiger partial charge in [-0.25, -0.2) is 4.39 Å². The number of carbonyl (C=O) groups excluding carboxylic acids is 2. The quantitative estimate of drug-likeness (QED) is 0.292. The third kappa shape index (κ3) is 9.37. The molecule has 0 aliphatic rings. The predicted octanol–water partition coefficient (Wildman–Crippen LogP) is 6.92. The van der Waals surface area contributed by atoms with Crippen molar-refractivity contribution in [3.63, 3.8) is 0 Å². The lowest BCUT2D eigenvalue weighted by molar-refractivity contribution is -0.140. The monoisotopic (exact) mass is 560 g/mol. The van der Waals surface area contributed by atoms with Gasteiger partial charge in [0.1, 0.15) is 11.9 Å².